The van der Waals surface area contributed by atoms with Gasteiger partial charge in [-0.1, -0.05) is 73.1 Å². The number of carbonyl (C=O) groups excluding carboxylic acids is 1. The lowest BCUT2D eigenvalue weighted by atomic mass is 9.67. The molecule has 0 saturated carbocycles. The van der Waals surface area contributed by atoms with E-state index in [9.17, 15) is 9.59 Å². The molecule has 0 spiro atoms. The van der Waals surface area contributed by atoms with E-state index in [0.717, 1.165) is 30.1 Å². The molecule has 1 N–H and O–H groups in total. The Morgan fingerprint density at radius 3 is 2.19 bits per heavy atom. The molecule has 1 fully saturated rings. The third kappa shape index (κ3) is 10.4. The Hall–Kier alpha value is -1.27. The number of fused-ring (bicyclic) bond motifs is 1. The lowest BCUT2D eigenvalue weighted by Crippen LogP contribution is -2.33. The quantitative estimate of drug-likeness (QED) is 0.356. The zero-order valence-electron chi connectivity index (χ0n) is 25.6. The van der Waals surface area contributed by atoms with E-state index >= 15 is 0 Å². The second-order valence-corrected chi connectivity index (χ2v) is 16.8. The summed E-state index contributed by atoms with van der Waals surface area (Å²) in [7, 11) is -1.13. The van der Waals surface area contributed by atoms with Crippen LogP contribution in [0, 0.1) is 29.1 Å². The third-order valence-corrected chi connectivity index (χ3v) is 12.2. The first-order valence-corrected chi connectivity index (χ1v) is 16.5. The van der Waals surface area contributed by atoms with Crippen LogP contribution < -0.4 is 0 Å². The summed E-state index contributed by atoms with van der Waals surface area (Å²) >= 11 is 0. The number of ether oxygens (including phenoxy) is 1. The predicted octanol–water partition coefficient (Wildman–Crippen LogP) is 8.18. The van der Waals surface area contributed by atoms with Crippen LogP contribution in [0.25, 0.3) is 0 Å². The molecule has 5 atom stereocenters. The van der Waals surface area contributed by atoms with Crippen molar-refractivity contribution in [2.45, 2.75) is 112 Å². The molecule has 0 bridgehead atoms. The number of carboxylic acids is 1. The van der Waals surface area contributed by atoms with Crippen LogP contribution in [0.3, 0.4) is 0 Å². The monoisotopic (exact) mass is 540 g/mol. The van der Waals surface area contributed by atoms with Crippen molar-refractivity contribution in [3.8, 4) is 0 Å². The van der Waals surface area contributed by atoms with Crippen molar-refractivity contribution in [3.63, 3.8) is 0 Å². The minimum absolute atomic E-state index is 0.0514. The van der Waals surface area contributed by atoms with E-state index in [4.69, 9.17) is 14.0 Å². The first-order chi connectivity index (χ1) is 16.9. The van der Waals surface area contributed by atoms with E-state index in [1.54, 1.807) is 19.4 Å². The molecule has 3 rings (SSSR count). The van der Waals surface area contributed by atoms with Gasteiger partial charge in [-0.2, -0.15) is 0 Å². The maximum atomic E-state index is 11.1. The number of aliphatic carboxylic acids is 1. The summed E-state index contributed by atoms with van der Waals surface area (Å²) in [5.74, 6) is 2.51. The van der Waals surface area contributed by atoms with Crippen molar-refractivity contribution in [1.82, 2.24) is 0 Å². The highest BCUT2D eigenvalue weighted by Gasteiger charge is 2.34. The molecule has 5 nitrogen and oxygen atoms in total. The summed E-state index contributed by atoms with van der Waals surface area (Å²) in [4.78, 5) is 21.4. The minimum atomic E-state index is -1.13. The van der Waals surface area contributed by atoms with Gasteiger partial charge in [0, 0.05) is 11.2 Å². The van der Waals surface area contributed by atoms with E-state index in [1.807, 2.05) is 6.92 Å². The molecular formula is C31H56O5S. The van der Waals surface area contributed by atoms with Crippen LogP contribution >= 0.6 is 10.3 Å². The molecule has 0 radical (unpaired) electrons. The first kappa shape index (κ1) is 33.8. The number of carbonyl (C=O) groups is 2. The molecule has 0 aromatic carbocycles. The highest BCUT2D eigenvalue weighted by molar-refractivity contribution is 8.29. The van der Waals surface area contributed by atoms with Crippen LogP contribution in [-0.4, -0.2) is 47.0 Å². The van der Waals surface area contributed by atoms with Crippen molar-refractivity contribution >= 4 is 22.2 Å². The standard InChI is InChI=1S/C14H22.C11H22O3S.C6H12O2/c1-4-13-11(3)6-7-12-9-10(2)5-8-14(12)13;1-11(2,3)15(4,5)14-9-6-7-13-10(12)8-9;1-4-6(2,3)5(7)8/h6-7,9-11,13-14H,4-5,8H2,1-3H3;9H,6-8H2,1-5H3;4H2,1-3H3,(H,7,8)/t10-,11?,13?,14?;;/m1../s1. The normalized spacial score (nSPS) is 28.4. The maximum Gasteiger partial charge on any atom is 0.309 e. The van der Waals surface area contributed by atoms with Crippen molar-refractivity contribution in [1.29, 1.82) is 0 Å². The van der Waals surface area contributed by atoms with Crippen molar-refractivity contribution in [3.05, 3.63) is 23.8 Å². The Kier molecular flexibility index (Phi) is 13.0. The van der Waals surface area contributed by atoms with Crippen LogP contribution in [0.4, 0.5) is 0 Å². The average Bonchev–Trinajstić information content (AvgIpc) is 2.79. The van der Waals surface area contributed by atoms with Gasteiger partial charge in [0.1, 0.15) is 0 Å². The molecule has 1 heterocycles. The Morgan fingerprint density at radius 1 is 1.11 bits per heavy atom. The molecule has 37 heavy (non-hydrogen) atoms. The van der Waals surface area contributed by atoms with Gasteiger partial charge in [-0.3, -0.25) is 9.59 Å². The number of esters is 1. The van der Waals surface area contributed by atoms with Crippen molar-refractivity contribution < 1.29 is 23.6 Å². The molecule has 3 aliphatic rings. The molecular weight excluding hydrogens is 484 g/mol. The fourth-order valence-corrected chi connectivity index (χ4v) is 5.72. The lowest BCUT2D eigenvalue weighted by Gasteiger charge is -2.46. The second-order valence-electron chi connectivity index (χ2n) is 12.9. The smallest absolute Gasteiger partial charge is 0.309 e. The second kappa shape index (κ2) is 14.2. The van der Waals surface area contributed by atoms with Gasteiger partial charge in [0.2, 0.25) is 0 Å². The summed E-state index contributed by atoms with van der Waals surface area (Å²) in [6.45, 7) is 19.4. The van der Waals surface area contributed by atoms with Gasteiger partial charge < -0.3 is 14.0 Å². The Morgan fingerprint density at radius 2 is 1.73 bits per heavy atom. The third-order valence-electron chi connectivity index (χ3n) is 8.51. The topological polar surface area (TPSA) is 72.8 Å². The zero-order chi connectivity index (χ0) is 28.6. The van der Waals surface area contributed by atoms with Gasteiger partial charge in [-0.25, -0.2) is 0 Å². The summed E-state index contributed by atoms with van der Waals surface area (Å²) in [5, 5.41) is 8.44. The number of hydrogen-bond donors (Lipinski definition) is 1. The summed E-state index contributed by atoms with van der Waals surface area (Å²) < 4.78 is 11.1. The van der Waals surface area contributed by atoms with Crippen LogP contribution in [0.15, 0.2) is 23.8 Å². The minimum Gasteiger partial charge on any atom is -0.481 e. The molecule has 0 aromatic rings. The van der Waals surface area contributed by atoms with Crippen molar-refractivity contribution in [2.75, 3.05) is 19.1 Å². The van der Waals surface area contributed by atoms with Gasteiger partial charge in [-0.05, 0) is 74.9 Å². The van der Waals surface area contributed by atoms with Crippen LogP contribution in [0.1, 0.15) is 101 Å². The maximum absolute atomic E-state index is 11.1. The van der Waals surface area contributed by atoms with Crippen molar-refractivity contribution in [2.24, 2.45) is 29.1 Å². The Balaban J connectivity index is 0.000000291. The molecule has 0 amide bonds. The van der Waals surface area contributed by atoms with E-state index in [0.29, 0.717) is 19.4 Å². The molecule has 1 saturated heterocycles. The number of allylic oxidation sites excluding steroid dienone is 4. The number of cyclic esters (lactones) is 1. The van der Waals surface area contributed by atoms with E-state index in [1.165, 1.54) is 19.3 Å². The van der Waals surface area contributed by atoms with Gasteiger partial charge in [-0.15, -0.1) is 10.3 Å². The van der Waals surface area contributed by atoms with Crippen LogP contribution in [0.5, 0.6) is 0 Å². The molecule has 216 valence electrons. The highest BCUT2D eigenvalue weighted by atomic mass is 32.3. The SMILES string of the molecule is CC(C)(C)S(C)(C)OC1CCOC(=O)C1.CCC(C)(C)C(=O)O.CCC1C(C)C=CC2=C[C@H](C)CCC21. The van der Waals surface area contributed by atoms with Gasteiger partial charge in [0.05, 0.1) is 24.5 Å². The zero-order valence-corrected chi connectivity index (χ0v) is 26.4. The largest absolute Gasteiger partial charge is 0.481 e. The van der Waals surface area contributed by atoms with E-state index in [2.05, 4.69) is 72.3 Å². The molecule has 0 aromatic heterocycles. The summed E-state index contributed by atoms with van der Waals surface area (Å²) in [5.41, 5.74) is 1.09. The number of rotatable bonds is 5. The first-order valence-electron chi connectivity index (χ1n) is 14.1. The lowest BCUT2D eigenvalue weighted by molar-refractivity contribution is -0.150. The van der Waals surface area contributed by atoms with Crippen LogP contribution in [-0.2, 0) is 18.5 Å². The van der Waals surface area contributed by atoms with E-state index < -0.39 is 21.7 Å². The van der Waals surface area contributed by atoms with Gasteiger partial charge in [0.15, 0.2) is 0 Å². The predicted molar refractivity (Wildman–Crippen MR) is 158 cm³/mol. The fraction of sp³-hybridized carbons (Fsp3) is 0.806. The van der Waals surface area contributed by atoms with Gasteiger partial charge in [0.25, 0.3) is 0 Å². The molecule has 6 heteroatoms. The number of hydrogen-bond acceptors (Lipinski definition) is 4. The van der Waals surface area contributed by atoms with Gasteiger partial charge >= 0.3 is 11.9 Å². The van der Waals surface area contributed by atoms with Crippen LogP contribution in [0.2, 0.25) is 0 Å². The molecule has 1 aliphatic heterocycles. The Labute approximate surface area is 229 Å². The number of carboxylic acid groups (broad SMARTS) is 1. The van der Waals surface area contributed by atoms with E-state index in [-0.39, 0.29) is 16.8 Å². The molecule has 2 aliphatic carbocycles. The summed E-state index contributed by atoms with van der Waals surface area (Å²) in [6.07, 6.45) is 17.7. The highest BCUT2D eigenvalue weighted by Crippen LogP contribution is 2.55. The summed E-state index contributed by atoms with van der Waals surface area (Å²) in [6, 6.07) is 0. The Bertz CT molecular complexity index is 805. The average molecular weight is 541 g/mol. The fourth-order valence-electron chi connectivity index (χ4n) is 4.58. The molecule has 4 unspecified atom stereocenters.